The lowest BCUT2D eigenvalue weighted by molar-refractivity contribution is 0.325. The van der Waals surface area contributed by atoms with Gasteiger partial charge in [0.2, 0.25) is 0 Å². The van der Waals surface area contributed by atoms with E-state index in [1.165, 1.54) is 0 Å². The number of nitrogens with zero attached hydrogens (tertiary/aromatic N) is 3. The van der Waals surface area contributed by atoms with Gasteiger partial charge in [-0.15, -0.1) is 0 Å². The molecule has 0 amide bonds. The lowest BCUT2D eigenvalue weighted by atomic mass is 9.96. The van der Waals surface area contributed by atoms with Gasteiger partial charge in [0.25, 0.3) is 0 Å². The predicted octanol–water partition coefficient (Wildman–Crippen LogP) is 2.01. The van der Waals surface area contributed by atoms with Crippen molar-refractivity contribution in [3.8, 4) is 0 Å². The number of aryl methyl sites for hydroxylation is 1. The number of aromatic nitrogens is 3. The van der Waals surface area contributed by atoms with Crippen molar-refractivity contribution < 1.29 is 5.11 Å². The summed E-state index contributed by atoms with van der Waals surface area (Å²) >= 11 is 6.14. The van der Waals surface area contributed by atoms with Gasteiger partial charge in [-0.05, 0) is 17.7 Å². The smallest absolute Gasteiger partial charge is 0.135 e. The van der Waals surface area contributed by atoms with Crippen molar-refractivity contribution in [2.45, 2.75) is 6.04 Å². The van der Waals surface area contributed by atoms with Gasteiger partial charge < -0.3 is 10.4 Å². The Morgan fingerprint density at radius 3 is 3.05 bits per heavy atom. The number of rotatable bonds is 2. The highest BCUT2D eigenvalue weighted by Gasteiger charge is 2.24. The van der Waals surface area contributed by atoms with Crippen molar-refractivity contribution in [3.63, 3.8) is 0 Å². The fourth-order valence-corrected chi connectivity index (χ4v) is 2.42. The number of fused-ring (bicyclic) bond motifs is 1. The Hall–Kier alpha value is -1.85. The van der Waals surface area contributed by atoms with Crippen LogP contribution in [0, 0.1) is 0 Å². The molecule has 1 aliphatic rings. The molecule has 0 spiro atoms. The fourth-order valence-electron chi connectivity index (χ4n) is 2.22. The van der Waals surface area contributed by atoms with Crippen LogP contribution in [0.25, 0.3) is 6.08 Å². The normalized spacial score (nSPS) is 17.6. The molecule has 5 nitrogen and oxygen atoms in total. The highest BCUT2D eigenvalue weighted by molar-refractivity contribution is 6.32. The quantitative estimate of drug-likeness (QED) is 0.881. The number of hydrogen-bond donors (Lipinski definition) is 2. The first kappa shape index (κ1) is 12.2. The molecule has 0 bridgehead atoms. The SMILES string of the molecule is Cn1cc(C2Nc3nccc(Cl)c3C=C2CO)cn1. The van der Waals surface area contributed by atoms with Crippen LogP contribution in [-0.2, 0) is 7.05 Å². The Kier molecular flexibility index (Phi) is 3.00. The molecule has 1 unspecified atom stereocenters. The van der Waals surface area contributed by atoms with E-state index in [2.05, 4.69) is 15.4 Å². The lowest BCUT2D eigenvalue weighted by Crippen LogP contribution is -2.20. The third-order valence-electron chi connectivity index (χ3n) is 3.16. The third kappa shape index (κ3) is 2.11. The second-order valence-corrected chi connectivity index (χ2v) is 4.86. The second kappa shape index (κ2) is 4.68. The minimum Gasteiger partial charge on any atom is -0.392 e. The van der Waals surface area contributed by atoms with Crippen molar-refractivity contribution in [2.75, 3.05) is 11.9 Å². The number of anilines is 1. The van der Waals surface area contributed by atoms with E-state index in [0.29, 0.717) is 5.02 Å². The minimum atomic E-state index is -0.128. The second-order valence-electron chi connectivity index (χ2n) is 4.46. The van der Waals surface area contributed by atoms with Gasteiger partial charge in [0.15, 0.2) is 0 Å². The summed E-state index contributed by atoms with van der Waals surface area (Å²) in [6.45, 7) is -0.0444. The van der Waals surface area contributed by atoms with Gasteiger partial charge in [0.05, 0.1) is 23.9 Å². The molecule has 0 radical (unpaired) electrons. The Balaban J connectivity index is 2.07. The molecular formula is C13H13ClN4O. The van der Waals surface area contributed by atoms with E-state index in [-0.39, 0.29) is 12.6 Å². The van der Waals surface area contributed by atoms with Crippen LogP contribution in [0.15, 0.2) is 30.2 Å². The van der Waals surface area contributed by atoms with E-state index in [1.54, 1.807) is 23.1 Å². The average Bonchev–Trinajstić information content (AvgIpc) is 2.84. The first-order valence-electron chi connectivity index (χ1n) is 5.90. The van der Waals surface area contributed by atoms with E-state index in [1.807, 2.05) is 19.3 Å². The van der Waals surface area contributed by atoms with Crippen molar-refractivity contribution in [2.24, 2.45) is 7.05 Å². The van der Waals surface area contributed by atoms with Crippen molar-refractivity contribution >= 4 is 23.5 Å². The zero-order chi connectivity index (χ0) is 13.4. The zero-order valence-corrected chi connectivity index (χ0v) is 11.1. The van der Waals surface area contributed by atoms with Crippen LogP contribution in [0.5, 0.6) is 0 Å². The summed E-state index contributed by atoms with van der Waals surface area (Å²) in [5.41, 5.74) is 2.64. The molecule has 0 saturated heterocycles. The van der Waals surface area contributed by atoms with Gasteiger partial charge in [0, 0.05) is 30.6 Å². The monoisotopic (exact) mass is 276 g/mol. The molecule has 3 rings (SSSR count). The van der Waals surface area contributed by atoms with Crippen LogP contribution in [0.2, 0.25) is 5.02 Å². The minimum absolute atomic E-state index is 0.0444. The highest BCUT2D eigenvalue weighted by atomic mass is 35.5. The fraction of sp³-hybridized carbons (Fsp3) is 0.231. The molecule has 19 heavy (non-hydrogen) atoms. The first-order valence-corrected chi connectivity index (χ1v) is 6.27. The standard InChI is InChI=1S/C13H13ClN4O/c1-18-6-9(5-16-18)12-8(7-19)4-10-11(14)2-3-15-13(10)17-12/h2-6,12,19H,7H2,1H3,(H,15,17). The van der Waals surface area contributed by atoms with Gasteiger partial charge in [-0.2, -0.15) is 5.10 Å². The molecule has 6 heteroatoms. The van der Waals surface area contributed by atoms with Crippen molar-refractivity contribution in [3.05, 3.63) is 46.4 Å². The van der Waals surface area contributed by atoms with Crippen LogP contribution in [0.3, 0.4) is 0 Å². The van der Waals surface area contributed by atoms with Crippen molar-refractivity contribution in [1.29, 1.82) is 0 Å². The maximum Gasteiger partial charge on any atom is 0.135 e. The van der Waals surface area contributed by atoms with Crippen LogP contribution >= 0.6 is 11.6 Å². The Morgan fingerprint density at radius 1 is 1.53 bits per heavy atom. The summed E-state index contributed by atoms with van der Waals surface area (Å²) in [6.07, 6.45) is 7.23. The number of hydrogen-bond acceptors (Lipinski definition) is 4. The van der Waals surface area contributed by atoms with Crippen LogP contribution in [0.4, 0.5) is 5.82 Å². The summed E-state index contributed by atoms with van der Waals surface area (Å²) in [6, 6.07) is 1.61. The van der Waals surface area contributed by atoms with Gasteiger partial charge in [-0.1, -0.05) is 11.6 Å². The summed E-state index contributed by atoms with van der Waals surface area (Å²) in [7, 11) is 1.86. The third-order valence-corrected chi connectivity index (χ3v) is 3.49. The van der Waals surface area contributed by atoms with E-state index < -0.39 is 0 Å². The van der Waals surface area contributed by atoms with Gasteiger partial charge in [0.1, 0.15) is 5.82 Å². The lowest BCUT2D eigenvalue weighted by Gasteiger charge is -2.26. The molecule has 2 N–H and O–H groups in total. The number of nitrogens with one attached hydrogen (secondary N) is 1. The largest absolute Gasteiger partial charge is 0.392 e. The molecule has 1 aliphatic heterocycles. The van der Waals surface area contributed by atoms with Crippen molar-refractivity contribution in [1.82, 2.24) is 14.8 Å². The van der Waals surface area contributed by atoms with E-state index in [9.17, 15) is 5.11 Å². The van der Waals surface area contributed by atoms with Crippen LogP contribution in [-0.4, -0.2) is 26.5 Å². The highest BCUT2D eigenvalue weighted by Crippen LogP contribution is 2.36. The topological polar surface area (TPSA) is 63.0 Å². The molecule has 3 heterocycles. The molecule has 2 aromatic rings. The molecule has 0 fully saturated rings. The van der Waals surface area contributed by atoms with E-state index in [4.69, 9.17) is 11.6 Å². The average molecular weight is 277 g/mol. The number of aliphatic hydroxyl groups is 1. The van der Waals surface area contributed by atoms with Crippen LogP contribution < -0.4 is 5.32 Å². The molecule has 1 atom stereocenters. The van der Waals surface area contributed by atoms with Crippen LogP contribution in [0.1, 0.15) is 17.2 Å². The predicted molar refractivity (Wildman–Crippen MR) is 73.9 cm³/mol. The maximum absolute atomic E-state index is 9.55. The zero-order valence-electron chi connectivity index (χ0n) is 10.3. The Labute approximate surface area is 115 Å². The number of halogens is 1. The Morgan fingerprint density at radius 2 is 2.37 bits per heavy atom. The molecule has 0 aromatic carbocycles. The maximum atomic E-state index is 9.55. The number of pyridine rings is 1. The molecule has 0 aliphatic carbocycles. The van der Waals surface area contributed by atoms with Gasteiger partial charge in [-0.25, -0.2) is 4.98 Å². The first-order chi connectivity index (χ1) is 9.19. The van der Waals surface area contributed by atoms with Gasteiger partial charge >= 0.3 is 0 Å². The molecule has 0 saturated carbocycles. The van der Waals surface area contributed by atoms with Gasteiger partial charge in [-0.3, -0.25) is 4.68 Å². The van der Waals surface area contributed by atoms with E-state index >= 15 is 0 Å². The summed E-state index contributed by atoms with van der Waals surface area (Å²) in [5.74, 6) is 0.721. The molecule has 2 aromatic heterocycles. The number of aliphatic hydroxyl groups excluding tert-OH is 1. The molecular weight excluding hydrogens is 264 g/mol. The summed E-state index contributed by atoms with van der Waals surface area (Å²) in [5, 5.41) is 17.6. The summed E-state index contributed by atoms with van der Waals surface area (Å²) in [4.78, 5) is 4.28. The Bertz CT molecular complexity index is 650. The summed E-state index contributed by atoms with van der Waals surface area (Å²) < 4.78 is 1.73. The van der Waals surface area contributed by atoms with E-state index in [0.717, 1.165) is 22.5 Å². The molecule has 98 valence electrons.